The van der Waals surface area contributed by atoms with E-state index < -0.39 is 0 Å². The van der Waals surface area contributed by atoms with Gasteiger partial charge in [0, 0.05) is 11.1 Å². The molecule has 0 saturated heterocycles. The number of nitrogens with two attached hydrogens (primary N) is 1. The van der Waals surface area contributed by atoms with Crippen molar-refractivity contribution in [1.82, 2.24) is 4.98 Å². The molecule has 1 aromatic carbocycles. The molecule has 0 aliphatic carbocycles. The Labute approximate surface area is 120 Å². The lowest BCUT2D eigenvalue weighted by Gasteiger charge is -2.10. The molecule has 19 heavy (non-hydrogen) atoms. The molecular weight excluding hydrogens is 282 g/mol. The highest BCUT2D eigenvalue weighted by molar-refractivity contribution is 7.99. The van der Waals surface area contributed by atoms with E-state index in [1.54, 1.807) is 6.20 Å². The fourth-order valence-electron chi connectivity index (χ4n) is 1.60. The number of rotatable bonds is 3. The van der Waals surface area contributed by atoms with Crippen LogP contribution in [0.2, 0.25) is 5.02 Å². The molecule has 0 unspecified atom stereocenters. The van der Waals surface area contributed by atoms with E-state index in [0.717, 1.165) is 10.5 Å². The second kappa shape index (κ2) is 5.95. The van der Waals surface area contributed by atoms with Crippen LogP contribution < -0.4 is 5.73 Å². The fraction of sp³-hybridized carbons (Fsp3) is 0.0769. The first-order valence-electron chi connectivity index (χ1n) is 5.49. The molecule has 0 amide bonds. The number of hydrogen-bond acceptors (Lipinski definition) is 4. The zero-order valence-corrected chi connectivity index (χ0v) is 11.7. The Hall–Kier alpha value is -1.72. The van der Waals surface area contributed by atoms with Crippen LogP contribution in [0.15, 0.2) is 51.6 Å². The maximum atomic E-state index is 8.86. The third kappa shape index (κ3) is 3.00. The van der Waals surface area contributed by atoms with Crippen molar-refractivity contribution in [3.63, 3.8) is 0 Å². The minimum atomic E-state index is 0.0418. The molecule has 3 N–H and O–H groups in total. The van der Waals surface area contributed by atoms with Gasteiger partial charge in [-0.15, -0.1) is 0 Å². The summed E-state index contributed by atoms with van der Waals surface area (Å²) in [7, 11) is 0. The SMILES string of the molecule is Cc1ccnc(Sc2ccccc2Cl)c1/C(N)=N/O. The second-order valence-corrected chi connectivity index (χ2v) is 5.26. The quantitative estimate of drug-likeness (QED) is 0.394. The number of oxime groups is 1. The van der Waals surface area contributed by atoms with Crippen LogP contribution in [0, 0.1) is 6.92 Å². The summed E-state index contributed by atoms with van der Waals surface area (Å²) in [5.41, 5.74) is 7.21. The van der Waals surface area contributed by atoms with E-state index in [9.17, 15) is 0 Å². The number of nitrogens with zero attached hydrogens (tertiary/aromatic N) is 2. The molecule has 0 fully saturated rings. The predicted octanol–water partition coefficient (Wildman–Crippen LogP) is 3.29. The maximum Gasteiger partial charge on any atom is 0.173 e. The lowest BCUT2D eigenvalue weighted by Crippen LogP contribution is -2.16. The van der Waals surface area contributed by atoms with Crippen LogP contribution in [-0.2, 0) is 0 Å². The number of amidine groups is 1. The maximum absolute atomic E-state index is 8.86. The van der Waals surface area contributed by atoms with Crippen LogP contribution >= 0.6 is 23.4 Å². The van der Waals surface area contributed by atoms with Crippen LogP contribution in [0.5, 0.6) is 0 Å². The van der Waals surface area contributed by atoms with Gasteiger partial charge in [0.25, 0.3) is 0 Å². The highest BCUT2D eigenvalue weighted by Crippen LogP contribution is 2.34. The van der Waals surface area contributed by atoms with Gasteiger partial charge in [0.1, 0.15) is 5.03 Å². The summed E-state index contributed by atoms with van der Waals surface area (Å²) in [6, 6.07) is 9.27. The van der Waals surface area contributed by atoms with Crippen molar-refractivity contribution in [2.24, 2.45) is 10.9 Å². The Morgan fingerprint density at radius 1 is 1.37 bits per heavy atom. The smallest absolute Gasteiger partial charge is 0.173 e. The molecule has 2 aromatic rings. The minimum absolute atomic E-state index is 0.0418. The summed E-state index contributed by atoms with van der Waals surface area (Å²) in [5.74, 6) is 0.0418. The molecule has 0 radical (unpaired) electrons. The van der Waals surface area contributed by atoms with Crippen LogP contribution in [-0.4, -0.2) is 16.0 Å². The first-order valence-corrected chi connectivity index (χ1v) is 6.69. The monoisotopic (exact) mass is 293 g/mol. The Bertz CT molecular complexity index is 631. The van der Waals surface area contributed by atoms with Gasteiger partial charge in [-0.05, 0) is 30.7 Å². The third-order valence-corrected chi connectivity index (χ3v) is 4.05. The zero-order chi connectivity index (χ0) is 13.8. The molecule has 0 aliphatic rings. The van der Waals surface area contributed by atoms with Crippen molar-refractivity contribution < 1.29 is 5.21 Å². The van der Waals surface area contributed by atoms with Gasteiger partial charge >= 0.3 is 0 Å². The second-order valence-electron chi connectivity index (χ2n) is 3.83. The largest absolute Gasteiger partial charge is 0.409 e. The zero-order valence-electron chi connectivity index (χ0n) is 10.2. The Balaban J connectivity index is 2.47. The van der Waals surface area contributed by atoms with Crippen molar-refractivity contribution in [2.75, 3.05) is 0 Å². The Morgan fingerprint density at radius 2 is 2.11 bits per heavy atom. The number of benzene rings is 1. The molecule has 1 heterocycles. The lowest BCUT2D eigenvalue weighted by atomic mass is 10.1. The highest BCUT2D eigenvalue weighted by Gasteiger charge is 2.14. The summed E-state index contributed by atoms with van der Waals surface area (Å²) >= 11 is 7.50. The van der Waals surface area contributed by atoms with Crippen molar-refractivity contribution in [1.29, 1.82) is 0 Å². The van der Waals surface area contributed by atoms with E-state index in [1.165, 1.54) is 11.8 Å². The minimum Gasteiger partial charge on any atom is -0.409 e. The van der Waals surface area contributed by atoms with Crippen molar-refractivity contribution in [2.45, 2.75) is 16.8 Å². The van der Waals surface area contributed by atoms with Gasteiger partial charge in [-0.3, -0.25) is 0 Å². The molecule has 0 aliphatic heterocycles. The average Bonchev–Trinajstić information content (AvgIpc) is 2.41. The van der Waals surface area contributed by atoms with Crippen LogP contribution in [0.25, 0.3) is 0 Å². The first-order chi connectivity index (χ1) is 9.13. The first kappa shape index (κ1) is 13.7. The predicted molar refractivity (Wildman–Crippen MR) is 77.1 cm³/mol. The molecule has 6 heteroatoms. The summed E-state index contributed by atoms with van der Waals surface area (Å²) in [6.45, 7) is 1.88. The molecule has 0 atom stereocenters. The summed E-state index contributed by atoms with van der Waals surface area (Å²) < 4.78 is 0. The van der Waals surface area contributed by atoms with Gasteiger partial charge in [-0.25, -0.2) is 4.98 Å². The standard InChI is InChI=1S/C13H12ClN3OS/c1-8-6-7-16-13(11(8)12(15)17-18)19-10-5-3-2-4-9(10)14/h2-7,18H,1H3,(H2,15,17). The van der Waals surface area contributed by atoms with Gasteiger partial charge in [0.15, 0.2) is 5.84 Å². The van der Waals surface area contributed by atoms with Crippen LogP contribution in [0.4, 0.5) is 0 Å². The number of aryl methyl sites for hydroxylation is 1. The topological polar surface area (TPSA) is 71.5 Å². The summed E-state index contributed by atoms with van der Waals surface area (Å²) in [5, 5.41) is 13.2. The van der Waals surface area contributed by atoms with E-state index in [-0.39, 0.29) is 5.84 Å². The third-order valence-electron chi connectivity index (χ3n) is 2.53. The van der Waals surface area contributed by atoms with E-state index in [2.05, 4.69) is 10.1 Å². The van der Waals surface area contributed by atoms with Crippen LogP contribution in [0.1, 0.15) is 11.1 Å². The summed E-state index contributed by atoms with van der Waals surface area (Å²) in [4.78, 5) is 5.15. The molecule has 2 rings (SSSR count). The fourth-order valence-corrected chi connectivity index (χ4v) is 2.86. The highest BCUT2D eigenvalue weighted by atomic mass is 35.5. The van der Waals surface area contributed by atoms with E-state index >= 15 is 0 Å². The Kier molecular flexibility index (Phi) is 4.29. The molecule has 4 nitrogen and oxygen atoms in total. The number of hydrogen-bond donors (Lipinski definition) is 2. The van der Waals surface area contributed by atoms with E-state index in [0.29, 0.717) is 15.6 Å². The van der Waals surface area contributed by atoms with Gasteiger partial charge in [-0.2, -0.15) is 0 Å². The van der Waals surface area contributed by atoms with E-state index in [4.69, 9.17) is 22.5 Å². The van der Waals surface area contributed by atoms with Crippen LogP contribution in [0.3, 0.4) is 0 Å². The van der Waals surface area contributed by atoms with E-state index in [1.807, 2.05) is 37.3 Å². The Morgan fingerprint density at radius 3 is 2.79 bits per heavy atom. The molecule has 1 aromatic heterocycles. The molecule has 98 valence electrons. The average molecular weight is 294 g/mol. The molecular formula is C13H12ClN3OS. The number of aromatic nitrogens is 1. The van der Waals surface area contributed by atoms with Crippen molar-refractivity contribution >= 4 is 29.2 Å². The van der Waals surface area contributed by atoms with Gasteiger partial charge in [0.05, 0.1) is 10.6 Å². The summed E-state index contributed by atoms with van der Waals surface area (Å²) in [6.07, 6.45) is 1.68. The molecule has 0 spiro atoms. The number of pyridine rings is 1. The molecule has 0 saturated carbocycles. The van der Waals surface area contributed by atoms with Crippen molar-refractivity contribution in [3.8, 4) is 0 Å². The van der Waals surface area contributed by atoms with Gasteiger partial charge in [0.2, 0.25) is 0 Å². The number of halogens is 1. The van der Waals surface area contributed by atoms with Gasteiger partial charge in [-0.1, -0.05) is 40.7 Å². The normalized spacial score (nSPS) is 11.6. The van der Waals surface area contributed by atoms with Gasteiger partial charge < -0.3 is 10.9 Å². The lowest BCUT2D eigenvalue weighted by molar-refractivity contribution is 0.318. The molecule has 0 bridgehead atoms. The van der Waals surface area contributed by atoms with Crippen molar-refractivity contribution in [3.05, 3.63) is 52.7 Å².